The predicted molar refractivity (Wildman–Crippen MR) is 134 cm³/mol. The molecule has 2 saturated carbocycles. The number of allylic oxidation sites excluding steroid dienone is 1. The van der Waals surface area contributed by atoms with Gasteiger partial charge in [0.2, 0.25) is 5.88 Å². The standard InChI is InChI=1S/C27H31FN6O3/c1-3-20(19-13-17(28)15-33(19)2)37-23-14-22(34-12-11-30-16-34)31-26(32-23)24(29)18-7-6-10-27(25(18)36)9-5-4-8-21(27)35/h1,11-12,14,16-17,19-20H,4-10,13,15,29H2,2H3/b24-18-/t17-,19+,20+,27-/m1/s1. The van der Waals surface area contributed by atoms with Crippen molar-refractivity contribution in [3.63, 3.8) is 0 Å². The van der Waals surface area contributed by atoms with Crippen molar-refractivity contribution in [3.8, 4) is 24.0 Å². The number of alkyl halides is 1. The monoisotopic (exact) mass is 506 g/mol. The van der Waals surface area contributed by atoms with Crippen LogP contribution in [0.15, 0.2) is 30.4 Å². The summed E-state index contributed by atoms with van der Waals surface area (Å²) in [5.41, 5.74) is 6.09. The first kappa shape index (κ1) is 25.1. The van der Waals surface area contributed by atoms with E-state index in [0.717, 1.165) is 12.8 Å². The minimum Gasteiger partial charge on any atom is -0.459 e. The molecule has 0 aromatic carbocycles. The van der Waals surface area contributed by atoms with Gasteiger partial charge in [0, 0.05) is 37.0 Å². The summed E-state index contributed by atoms with van der Waals surface area (Å²) in [7, 11) is 1.81. The molecular weight excluding hydrogens is 475 g/mol. The molecule has 0 unspecified atom stereocenters. The van der Waals surface area contributed by atoms with Crippen molar-refractivity contribution in [2.45, 2.75) is 69.7 Å². The number of likely N-dealkylation sites (tertiary alicyclic amines) is 1. The molecule has 3 fully saturated rings. The van der Waals surface area contributed by atoms with E-state index in [1.165, 1.54) is 0 Å². The van der Waals surface area contributed by atoms with Crippen molar-refractivity contribution < 1.29 is 18.7 Å². The molecule has 9 nitrogen and oxygen atoms in total. The first-order chi connectivity index (χ1) is 17.8. The normalized spacial score (nSPS) is 28.8. The second kappa shape index (κ2) is 10.1. The molecule has 2 aliphatic carbocycles. The summed E-state index contributed by atoms with van der Waals surface area (Å²) in [6, 6.07) is 1.28. The van der Waals surface area contributed by atoms with Crippen molar-refractivity contribution in [2.75, 3.05) is 13.6 Å². The van der Waals surface area contributed by atoms with Gasteiger partial charge in [0.1, 0.15) is 24.1 Å². The summed E-state index contributed by atoms with van der Waals surface area (Å²) in [6.07, 6.45) is 13.5. The van der Waals surface area contributed by atoms with Crippen LogP contribution >= 0.6 is 0 Å². The Morgan fingerprint density at radius 2 is 2.08 bits per heavy atom. The van der Waals surface area contributed by atoms with E-state index >= 15 is 0 Å². The van der Waals surface area contributed by atoms with Crippen molar-refractivity contribution in [1.29, 1.82) is 0 Å². The second-order valence-electron chi connectivity index (χ2n) is 10.2. The fourth-order valence-electron chi connectivity index (χ4n) is 5.86. The number of nitrogens with two attached hydrogens (primary N) is 1. The fraction of sp³-hybridized carbons (Fsp3) is 0.519. The lowest BCUT2D eigenvalue weighted by Gasteiger charge is -2.38. The van der Waals surface area contributed by atoms with Crippen LogP contribution in [0.2, 0.25) is 0 Å². The predicted octanol–water partition coefficient (Wildman–Crippen LogP) is 2.64. The maximum Gasteiger partial charge on any atom is 0.220 e. The zero-order valence-corrected chi connectivity index (χ0v) is 20.9. The Hall–Kier alpha value is -3.58. The number of imidazole rings is 1. The summed E-state index contributed by atoms with van der Waals surface area (Å²) >= 11 is 0. The van der Waals surface area contributed by atoms with E-state index in [0.29, 0.717) is 43.5 Å². The Morgan fingerprint density at radius 1 is 1.27 bits per heavy atom. The topological polar surface area (TPSA) is 116 Å². The highest BCUT2D eigenvalue weighted by Crippen LogP contribution is 2.45. The molecule has 3 aliphatic rings. The van der Waals surface area contributed by atoms with Gasteiger partial charge in [-0.25, -0.2) is 14.4 Å². The number of aromatic nitrogens is 4. The Morgan fingerprint density at radius 3 is 2.76 bits per heavy atom. The summed E-state index contributed by atoms with van der Waals surface area (Å²) in [5.74, 6) is 3.11. The molecule has 0 bridgehead atoms. The van der Waals surface area contributed by atoms with E-state index in [-0.39, 0.29) is 48.0 Å². The quantitative estimate of drug-likeness (QED) is 0.374. The molecule has 1 saturated heterocycles. The summed E-state index contributed by atoms with van der Waals surface area (Å²) < 4.78 is 21.8. The molecule has 10 heteroatoms. The molecule has 0 radical (unpaired) electrons. The number of hydrogen-bond donors (Lipinski definition) is 1. The van der Waals surface area contributed by atoms with Gasteiger partial charge in [0.25, 0.3) is 0 Å². The van der Waals surface area contributed by atoms with Crippen LogP contribution in [0.1, 0.15) is 57.2 Å². The van der Waals surface area contributed by atoms with Gasteiger partial charge in [-0.1, -0.05) is 12.3 Å². The van der Waals surface area contributed by atoms with Crippen LogP contribution in [0.3, 0.4) is 0 Å². The van der Waals surface area contributed by atoms with Gasteiger partial charge >= 0.3 is 0 Å². The Bertz CT molecular complexity index is 1270. The van der Waals surface area contributed by atoms with E-state index in [1.807, 2.05) is 4.90 Å². The Kier molecular flexibility index (Phi) is 6.82. The minimum absolute atomic E-state index is 0.00886. The molecule has 1 spiro atoms. The highest BCUT2D eigenvalue weighted by Gasteiger charge is 2.49. The molecule has 37 heavy (non-hydrogen) atoms. The molecule has 2 aromatic rings. The minimum atomic E-state index is -0.984. The lowest BCUT2D eigenvalue weighted by molar-refractivity contribution is -0.143. The first-order valence-electron chi connectivity index (χ1n) is 12.7. The van der Waals surface area contributed by atoms with Crippen molar-refractivity contribution >= 4 is 17.3 Å². The van der Waals surface area contributed by atoms with Crippen molar-refractivity contribution in [3.05, 3.63) is 36.2 Å². The molecule has 5 rings (SSSR count). The smallest absolute Gasteiger partial charge is 0.220 e. The van der Waals surface area contributed by atoms with Crippen LogP contribution in [0.25, 0.3) is 11.5 Å². The highest BCUT2D eigenvalue weighted by atomic mass is 19.1. The maximum absolute atomic E-state index is 14.0. The van der Waals surface area contributed by atoms with Gasteiger partial charge in [-0.15, -0.1) is 6.42 Å². The van der Waals surface area contributed by atoms with E-state index in [2.05, 4.69) is 20.9 Å². The summed E-state index contributed by atoms with van der Waals surface area (Å²) in [4.78, 5) is 41.6. The van der Waals surface area contributed by atoms with E-state index in [4.69, 9.17) is 16.9 Å². The Balaban J connectivity index is 1.53. The number of Topliss-reactive ketones (excluding diaryl/α,β-unsaturated/α-hetero) is 2. The molecular formula is C27H31FN6O3. The third-order valence-corrected chi connectivity index (χ3v) is 7.87. The average Bonchev–Trinajstić information content (AvgIpc) is 3.55. The zero-order chi connectivity index (χ0) is 26.2. The Labute approximate surface area is 215 Å². The van der Waals surface area contributed by atoms with Gasteiger partial charge in [0.15, 0.2) is 17.7 Å². The number of carbonyl (C=O) groups excluding carboxylic acids is 2. The van der Waals surface area contributed by atoms with Gasteiger partial charge in [-0.2, -0.15) is 4.98 Å². The van der Waals surface area contributed by atoms with Crippen LogP contribution in [-0.4, -0.2) is 67.9 Å². The van der Waals surface area contributed by atoms with Crippen LogP contribution in [0.4, 0.5) is 4.39 Å². The molecule has 194 valence electrons. The van der Waals surface area contributed by atoms with Crippen LogP contribution in [0, 0.1) is 17.8 Å². The highest BCUT2D eigenvalue weighted by molar-refractivity contribution is 6.17. The number of ether oxygens (including phenoxy) is 1. The van der Waals surface area contributed by atoms with E-state index < -0.39 is 17.7 Å². The van der Waals surface area contributed by atoms with E-state index in [1.54, 1.807) is 36.4 Å². The number of likely N-dealkylation sites (N-methyl/N-ethyl adjacent to an activating group) is 1. The first-order valence-corrected chi connectivity index (χ1v) is 12.7. The third kappa shape index (κ3) is 4.64. The number of nitrogens with zero attached hydrogens (tertiary/aromatic N) is 5. The van der Waals surface area contributed by atoms with Gasteiger partial charge in [-0.05, 0) is 45.6 Å². The number of hydrogen-bond acceptors (Lipinski definition) is 8. The molecule has 4 atom stereocenters. The van der Waals surface area contributed by atoms with Crippen LogP contribution < -0.4 is 10.5 Å². The fourth-order valence-corrected chi connectivity index (χ4v) is 5.86. The summed E-state index contributed by atoms with van der Waals surface area (Å²) in [5, 5.41) is 0. The third-order valence-electron chi connectivity index (χ3n) is 7.87. The zero-order valence-electron chi connectivity index (χ0n) is 20.9. The molecule has 2 N–H and O–H groups in total. The van der Waals surface area contributed by atoms with Gasteiger partial charge in [0.05, 0.1) is 17.2 Å². The number of rotatable bonds is 5. The number of halogens is 1. The second-order valence-corrected chi connectivity index (χ2v) is 10.2. The number of ketones is 2. The number of carbonyl (C=O) groups is 2. The lowest BCUT2D eigenvalue weighted by atomic mass is 9.62. The maximum atomic E-state index is 14.0. The number of terminal acetylenes is 1. The van der Waals surface area contributed by atoms with Crippen molar-refractivity contribution in [1.82, 2.24) is 24.4 Å². The van der Waals surface area contributed by atoms with E-state index in [9.17, 15) is 14.0 Å². The largest absolute Gasteiger partial charge is 0.459 e. The van der Waals surface area contributed by atoms with Crippen LogP contribution in [-0.2, 0) is 9.59 Å². The molecule has 2 aromatic heterocycles. The molecule has 0 amide bonds. The van der Waals surface area contributed by atoms with Gasteiger partial charge < -0.3 is 10.5 Å². The SMILES string of the molecule is C#C[C@H](Oc1cc(-n2ccnc2)nc(/C(N)=C2\CCC[C@@]3(CCCCC3=O)C2=O)n1)[C@@H]1C[C@@H](F)CN1C. The van der Waals surface area contributed by atoms with Gasteiger partial charge in [-0.3, -0.25) is 19.1 Å². The lowest BCUT2D eigenvalue weighted by Crippen LogP contribution is -2.45. The molecule has 1 aliphatic heterocycles. The average molecular weight is 507 g/mol. The van der Waals surface area contributed by atoms with Crippen LogP contribution in [0.5, 0.6) is 5.88 Å². The van der Waals surface area contributed by atoms with Crippen molar-refractivity contribution in [2.24, 2.45) is 11.1 Å². The molecule has 3 heterocycles. The summed E-state index contributed by atoms with van der Waals surface area (Å²) in [6.45, 7) is 0.281.